The third-order valence-corrected chi connectivity index (χ3v) is 4.63. The van der Waals surface area contributed by atoms with Gasteiger partial charge >= 0.3 is 0 Å². The van der Waals surface area contributed by atoms with E-state index >= 15 is 0 Å². The van der Waals surface area contributed by atoms with Gasteiger partial charge in [0, 0.05) is 36.5 Å². The molecule has 0 bridgehead atoms. The maximum Gasteiger partial charge on any atom is 0.216 e. The van der Waals surface area contributed by atoms with Crippen molar-refractivity contribution in [2.45, 2.75) is 45.8 Å². The molecule has 0 fully saturated rings. The van der Waals surface area contributed by atoms with Crippen LogP contribution in [-0.2, 0) is 13.6 Å². The van der Waals surface area contributed by atoms with E-state index in [1.807, 2.05) is 22.6 Å². The first kappa shape index (κ1) is 14.3. The molecule has 5 heteroatoms. The van der Waals surface area contributed by atoms with E-state index < -0.39 is 0 Å². The highest BCUT2D eigenvalue weighted by atomic mass is 16.5. The number of benzene rings is 1. The van der Waals surface area contributed by atoms with E-state index in [-0.39, 0.29) is 6.10 Å². The molecule has 23 heavy (non-hydrogen) atoms. The lowest BCUT2D eigenvalue weighted by Gasteiger charge is -2.23. The van der Waals surface area contributed by atoms with E-state index in [1.54, 1.807) is 0 Å². The Bertz CT molecular complexity index is 875. The average Bonchev–Trinajstić information content (AvgIpc) is 3.08. The summed E-state index contributed by atoms with van der Waals surface area (Å²) in [4.78, 5) is 0. The second-order valence-corrected chi connectivity index (χ2v) is 6.67. The highest BCUT2D eigenvalue weighted by Gasteiger charge is 2.28. The van der Waals surface area contributed by atoms with Crippen LogP contribution in [0.5, 0.6) is 5.88 Å². The van der Waals surface area contributed by atoms with Crippen LogP contribution in [0, 0.1) is 0 Å². The fourth-order valence-corrected chi connectivity index (χ4v) is 3.39. The van der Waals surface area contributed by atoms with Crippen molar-refractivity contribution in [2.75, 3.05) is 0 Å². The predicted octanol–water partition coefficient (Wildman–Crippen LogP) is 3.73. The molecule has 0 aliphatic carbocycles. The summed E-state index contributed by atoms with van der Waals surface area (Å²) < 4.78 is 10.1. The van der Waals surface area contributed by atoms with Gasteiger partial charge < -0.3 is 4.74 Å². The molecule has 120 valence electrons. The van der Waals surface area contributed by atoms with Crippen LogP contribution in [0.4, 0.5) is 0 Å². The van der Waals surface area contributed by atoms with E-state index in [1.165, 1.54) is 5.56 Å². The number of rotatable bonds is 2. The summed E-state index contributed by atoms with van der Waals surface area (Å²) in [5, 5.41) is 10.4. The van der Waals surface area contributed by atoms with Crippen molar-refractivity contribution in [2.24, 2.45) is 7.05 Å². The van der Waals surface area contributed by atoms with Gasteiger partial charge in [-0.05, 0) is 18.9 Å². The van der Waals surface area contributed by atoms with Crippen LogP contribution in [-0.4, -0.2) is 25.7 Å². The number of aryl methyl sites for hydroxylation is 2. The minimum absolute atomic E-state index is 0.249. The first-order valence-corrected chi connectivity index (χ1v) is 8.24. The third kappa shape index (κ3) is 2.14. The highest BCUT2D eigenvalue weighted by Crippen LogP contribution is 2.40. The van der Waals surface area contributed by atoms with Crippen molar-refractivity contribution in [1.82, 2.24) is 19.6 Å². The predicted molar refractivity (Wildman–Crippen MR) is 90.7 cm³/mol. The monoisotopic (exact) mass is 310 g/mol. The lowest BCUT2D eigenvalue weighted by atomic mass is 9.97. The molecule has 1 atom stereocenters. The summed E-state index contributed by atoms with van der Waals surface area (Å²) >= 11 is 0. The number of hydrogen-bond donors (Lipinski definition) is 0. The molecule has 3 aromatic rings. The van der Waals surface area contributed by atoms with Crippen molar-refractivity contribution in [3.63, 3.8) is 0 Å². The van der Waals surface area contributed by atoms with E-state index in [0.29, 0.717) is 5.92 Å². The molecule has 0 saturated carbocycles. The van der Waals surface area contributed by atoms with E-state index in [4.69, 9.17) is 9.84 Å². The fraction of sp³-hybridized carbons (Fsp3) is 0.444. The first-order chi connectivity index (χ1) is 11.1. The van der Waals surface area contributed by atoms with Crippen molar-refractivity contribution < 1.29 is 4.74 Å². The van der Waals surface area contributed by atoms with E-state index in [9.17, 15) is 0 Å². The molecule has 1 aliphatic heterocycles. The van der Waals surface area contributed by atoms with E-state index in [2.05, 4.69) is 44.1 Å². The van der Waals surface area contributed by atoms with Gasteiger partial charge in [-0.15, -0.1) is 0 Å². The van der Waals surface area contributed by atoms with Crippen molar-refractivity contribution in [3.05, 3.63) is 30.0 Å². The normalized spacial score (nSPS) is 17.5. The van der Waals surface area contributed by atoms with E-state index in [0.717, 1.165) is 41.0 Å². The van der Waals surface area contributed by atoms with Gasteiger partial charge in [0.25, 0.3) is 0 Å². The van der Waals surface area contributed by atoms with Gasteiger partial charge in [0.05, 0.1) is 17.8 Å². The molecule has 0 spiro atoms. The van der Waals surface area contributed by atoms with Gasteiger partial charge in [-0.2, -0.15) is 10.2 Å². The molecule has 1 aliphatic rings. The minimum Gasteiger partial charge on any atom is -0.475 e. The molecular weight excluding hydrogens is 288 g/mol. The van der Waals surface area contributed by atoms with Crippen molar-refractivity contribution in [1.29, 1.82) is 0 Å². The second kappa shape index (κ2) is 5.11. The average molecular weight is 310 g/mol. The maximum absolute atomic E-state index is 6.12. The lowest BCUT2D eigenvalue weighted by molar-refractivity contribution is 0.147. The van der Waals surface area contributed by atoms with Crippen molar-refractivity contribution in [3.8, 4) is 17.1 Å². The number of fused-ring (bicyclic) bond motifs is 2. The Morgan fingerprint density at radius 1 is 1.30 bits per heavy atom. The second-order valence-electron chi connectivity index (χ2n) is 6.67. The van der Waals surface area contributed by atoms with Crippen LogP contribution >= 0.6 is 0 Å². The molecule has 2 aromatic heterocycles. The summed E-state index contributed by atoms with van der Waals surface area (Å²) in [6, 6.07) is 6.30. The molecule has 4 rings (SSSR count). The standard InChI is InChI=1S/C18H22N4O/c1-11(2)16-17(20-22-9-8-12(3)23-18(16)22)13-6-5-7-15-14(13)10-19-21(15)4/h5-7,10-12H,8-9H2,1-4H3/t12-/m1/s1. The van der Waals surface area contributed by atoms with Crippen LogP contribution in [0.1, 0.15) is 38.7 Å². The summed E-state index contributed by atoms with van der Waals surface area (Å²) in [7, 11) is 1.97. The molecule has 0 radical (unpaired) electrons. The number of nitrogens with zero attached hydrogens (tertiary/aromatic N) is 4. The van der Waals surface area contributed by atoms with Crippen LogP contribution < -0.4 is 4.74 Å². The molecule has 0 saturated heterocycles. The summed E-state index contributed by atoms with van der Waals surface area (Å²) in [5.41, 5.74) is 4.49. The molecule has 3 heterocycles. The smallest absolute Gasteiger partial charge is 0.216 e. The Balaban J connectivity index is 1.98. The van der Waals surface area contributed by atoms with Gasteiger partial charge in [0.2, 0.25) is 5.88 Å². The lowest BCUT2D eigenvalue weighted by Crippen LogP contribution is -2.23. The first-order valence-electron chi connectivity index (χ1n) is 8.24. The van der Waals surface area contributed by atoms with Gasteiger partial charge in [-0.1, -0.05) is 26.0 Å². The van der Waals surface area contributed by atoms with Gasteiger partial charge in [-0.3, -0.25) is 4.68 Å². The number of aromatic nitrogens is 4. The van der Waals surface area contributed by atoms with Gasteiger partial charge in [0.15, 0.2) is 0 Å². The molecular formula is C18H22N4O. The highest BCUT2D eigenvalue weighted by molar-refractivity contribution is 5.94. The summed E-state index contributed by atoms with van der Waals surface area (Å²) in [6.45, 7) is 7.45. The SMILES string of the molecule is CC(C)c1c(-c2cccc3c2cnn3C)nn2c1O[C@H](C)CC2. The van der Waals surface area contributed by atoms with Crippen molar-refractivity contribution >= 4 is 10.9 Å². The molecule has 1 aromatic carbocycles. The minimum atomic E-state index is 0.249. The largest absolute Gasteiger partial charge is 0.475 e. The number of hydrogen-bond acceptors (Lipinski definition) is 3. The Kier molecular flexibility index (Phi) is 3.18. The Labute approximate surface area is 135 Å². The van der Waals surface area contributed by atoms with Crippen LogP contribution in [0.2, 0.25) is 0 Å². The topological polar surface area (TPSA) is 44.9 Å². The Morgan fingerprint density at radius 3 is 2.91 bits per heavy atom. The zero-order valence-electron chi connectivity index (χ0n) is 14.1. The fourth-order valence-electron chi connectivity index (χ4n) is 3.39. The van der Waals surface area contributed by atoms with Crippen LogP contribution in [0.25, 0.3) is 22.2 Å². The third-order valence-electron chi connectivity index (χ3n) is 4.63. The molecule has 5 nitrogen and oxygen atoms in total. The Hall–Kier alpha value is -2.30. The number of ether oxygens (including phenoxy) is 1. The van der Waals surface area contributed by atoms with Crippen LogP contribution in [0.3, 0.4) is 0 Å². The van der Waals surface area contributed by atoms with Crippen LogP contribution in [0.15, 0.2) is 24.4 Å². The molecule has 0 N–H and O–H groups in total. The zero-order chi connectivity index (χ0) is 16.1. The van der Waals surface area contributed by atoms with Gasteiger partial charge in [-0.25, -0.2) is 4.68 Å². The zero-order valence-corrected chi connectivity index (χ0v) is 14.1. The Morgan fingerprint density at radius 2 is 2.13 bits per heavy atom. The van der Waals surface area contributed by atoms with Gasteiger partial charge in [0.1, 0.15) is 5.69 Å². The molecule has 0 unspecified atom stereocenters. The molecule has 0 amide bonds. The summed E-state index contributed by atoms with van der Waals surface area (Å²) in [5.74, 6) is 1.29. The quantitative estimate of drug-likeness (QED) is 0.724. The maximum atomic E-state index is 6.12. The summed E-state index contributed by atoms with van der Waals surface area (Å²) in [6.07, 6.45) is 3.18.